The summed E-state index contributed by atoms with van der Waals surface area (Å²) < 4.78 is 0. The van der Waals surface area contributed by atoms with Crippen molar-refractivity contribution in [3.05, 3.63) is 168 Å². The van der Waals surface area contributed by atoms with Crippen LogP contribution in [0.2, 0.25) is 0 Å². The van der Waals surface area contributed by atoms with Crippen LogP contribution in [0.5, 0.6) is 0 Å². The first-order valence-corrected chi connectivity index (χ1v) is 17.2. The summed E-state index contributed by atoms with van der Waals surface area (Å²) in [4.78, 5) is 48.4. The van der Waals surface area contributed by atoms with Crippen LogP contribution in [-0.2, 0) is 0 Å². The Labute approximate surface area is 281 Å². The van der Waals surface area contributed by atoms with Gasteiger partial charge in [-0.2, -0.15) is 0 Å². The molecule has 0 aromatic heterocycles. The zero-order valence-corrected chi connectivity index (χ0v) is 26.8. The van der Waals surface area contributed by atoms with Crippen LogP contribution in [0.15, 0.2) is 146 Å². The molecular weight excluding hydrogens is 637 g/mol. The van der Waals surface area contributed by atoms with Gasteiger partial charge in [0, 0.05) is 0 Å². The molecule has 0 aliphatic heterocycles. The highest BCUT2D eigenvalue weighted by atomic mass is 28.3. The van der Waals surface area contributed by atoms with Gasteiger partial charge in [-0.15, -0.1) is 0 Å². The molecule has 240 valence electrons. The minimum absolute atomic E-state index is 0.326. The Bertz CT molecular complexity index is 2090. The van der Waals surface area contributed by atoms with Gasteiger partial charge < -0.3 is 20.4 Å². The number of carboxylic acid groups (broad SMARTS) is 4. The molecule has 49 heavy (non-hydrogen) atoms. The van der Waals surface area contributed by atoms with Gasteiger partial charge >= 0.3 is 23.9 Å². The Morgan fingerprint density at radius 3 is 1.04 bits per heavy atom. The van der Waals surface area contributed by atoms with Gasteiger partial charge in [0.1, 0.15) is 0 Å². The maximum Gasteiger partial charge on any atom is 0.336 e. The first-order valence-electron chi connectivity index (χ1n) is 15.2. The Kier molecular flexibility index (Phi) is 8.76. The highest BCUT2D eigenvalue weighted by molar-refractivity contribution is 7.20. The quantitative estimate of drug-likeness (QED) is 0.116. The number of benzene rings is 6. The first kappa shape index (κ1) is 32.4. The van der Waals surface area contributed by atoms with Crippen molar-refractivity contribution in [3.63, 3.8) is 0 Å². The van der Waals surface area contributed by atoms with Gasteiger partial charge in [-0.05, 0) is 67.3 Å². The maximum atomic E-state index is 12.3. The predicted molar refractivity (Wildman–Crippen MR) is 189 cm³/mol. The second kappa shape index (κ2) is 13.3. The van der Waals surface area contributed by atoms with Crippen LogP contribution < -0.4 is 20.7 Å². The van der Waals surface area contributed by atoms with Gasteiger partial charge in [0.15, 0.2) is 8.07 Å². The van der Waals surface area contributed by atoms with Gasteiger partial charge in [0.2, 0.25) is 0 Å². The molecule has 6 aromatic rings. The Balaban J connectivity index is 1.76. The summed E-state index contributed by atoms with van der Waals surface area (Å²) in [5.74, 6) is -5.43. The average Bonchev–Trinajstić information content (AvgIpc) is 3.12. The zero-order valence-electron chi connectivity index (χ0n) is 25.8. The average molecular weight is 665 g/mol. The third-order valence-electron chi connectivity index (χ3n) is 8.66. The second-order valence-corrected chi connectivity index (χ2v) is 15.0. The van der Waals surface area contributed by atoms with Gasteiger partial charge in [-0.3, -0.25) is 0 Å². The van der Waals surface area contributed by atoms with E-state index in [9.17, 15) is 39.6 Å². The number of carboxylic acids is 4. The fraction of sp³-hybridized carbons (Fsp3) is 0. The smallest absolute Gasteiger partial charge is 0.336 e. The molecule has 0 atom stereocenters. The van der Waals surface area contributed by atoms with Crippen LogP contribution in [0.3, 0.4) is 0 Å². The largest absolute Gasteiger partial charge is 0.478 e. The van der Waals surface area contributed by atoms with Crippen LogP contribution in [0.25, 0.3) is 22.3 Å². The van der Waals surface area contributed by atoms with E-state index in [-0.39, 0.29) is 22.3 Å². The van der Waals surface area contributed by atoms with E-state index in [1.165, 1.54) is 24.3 Å². The number of hydrogen-bond acceptors (Lipinski definition) is 4. The number of aromatic carboxylic acids is 4. The van der Waals surface area contributed by atoms with E-state index in [4.69, 9.17) is 0 Å². The van der Waals surface area contributed by atoms with E-state index < -0.39 is 32.0 Å². The summed E-state index contributed by atoms with van der Waals surface area (Å²) in [5.41, 5.74) is 1.09. The Morgan fingerprint density at radius 2 is 0.694 bits per heavy atom. The molecule has 0 fully saturated rings. The second-order valence-electron chi connectivity index (χ2n) is 11.3. The molecule has 6 rings (SSSR count). The molecular formula is C40H28O8Si. The molecule has 4 N–H and O–H groups in total. The normalized spacial score (nSPS) is 11.1. The summed E-state index contributed by atoms with van der Waals surface area (Å²) in [6, 6.07) is 43.6. The van der Waals surface area contributed by atoms with Gasteiger partial charge in [0.05, 0.1) is 22.3 Å². The summed E-state index contributed by atoms with van der Waals surface area (Å²) >= 11 is 0. The molecule has 9 heteroatoms. The molecule has 0 spiro atoms. The lowest BCUT2D eigenvalue weighted by Gasteiger charge is -2.37. The summed E-state index contributed by atoms with van der Waals surface area (Å²) in [5, 5.41) is 43.1. The van der Waals surface area contributed by atoms with E-state index in [0.29, 0.717) is 22.3 Å². The molecule has 0 saturated carbocycles. The fourth-order valence-corrected chi connectivity index (χ4v) is 11.8. The standard InChI is InChI=1S/C40H28O8Si/c41-37(42)31-21-19-25(23-33(31)39(45)46)29-15-7-9-17-35(29)49(27-11-3-1-4-12-27,28-13-5-2-6-14-28)36-18-10-8-16-30(36)26-20-22-32(38(43)44)34(24-26)40(47)48/h1-24H,(H,41,42)(H,43,44)(H,45,46)(H,47,48). The summed E-state index contributed by atoms with van der Waals surface area (Å²) in [6.45, 7) is 0. The van der Waals surface area contributed by atoms with E-state index in [1.54, 1.807) is 12.1 Å². The van der Waals surface area contributed by atoms with Crippen LogP contribution in [0.4, 0.5) is 0 Å². The lowest BCUT2D eigenvalue weighted by Crippen LogP contribution is -2.75. The zero-order chi connectivity index (χ0) is 34.7. The van der Waals surface area contributed by atoms with Crippen molar-refractivity contribution in [3.8, 4) is 22.3 Å². The molecule has 0 heterocycles. The van der Waals surface area contributed by atoms with Gasteiger partial charge in [-0.1, -0.05) is 121 Å². The van der Waals surface area contributed by atoms with Crippen molar-refractivity contribution in [2.75, 3.05) is 0 Å². The van der Waals surface area contributed by atoms with Crippen LogP contribution in [-0.4, -0.2) is 52.4 Å². The van der Waals surface area contributed by atoms with Gasteiger partial charge in [0.25, 0.3) is 0 Å². The number of hydrogen-bond donors (Lipinski definition) is 4. The van der Waals surface area contributed by atoms with Crippen molar-refractivity contribution in [2.45, 2.75) is 0 Å². The van der Waals surface area contributed by atoms with Crippen molar-refractivity contribution >= 4 is 52.7 Å². The molecule has 0 radical (unpaired) electrons. The number of carbonyl (C=O) groups is 4. The lowest BCUT2D eigenvalue weighted by molar-refractivity contribution is 0.0651. The van der Waals surface area contributed by atoms with E-state index in [0.717, 1.165) is 20.7 Å². The molecule has 8 nitrogen and oxygen atoms in total. The van der Waals surface area contributed by atoms with Crippen molar-refractivity contribution in [1.82, 2.24) is 0 Å². The summed E-state index contributed by atoms with van der Waals surface area (Å²) in [6.07, 6.45) is 0. The van der Waals surface area contributed by atoms with E-state index in [1.807, 2.05) is 109 Å². The minimum Gasteiger partial charge on any atom is -0.478 e. The van der Waals surface area contributed by atoms with Crippen LogP contribution in [0.1, 0.15) is 41.4 Å². The van der Waals surface area contributed by atoms with E-state index in [2.05, 4.69) is 0 Å². The number of rotatable bonds is 10. The summed E-state index contributed by atoms with van der Waals surface area (Å²) in [7, 11) is -3.44. The van der Waals surface area contributed by atoms with Crippen molar-refractivity contribution < 1.29 is 39.6 Å². The Morgan fingerprint density at radius 1 is 0.367 bits per heavy atom. The first-order chi connectivity index (χ1) is 23.6. The molecule has 6 aromatic carbocycles. The highest BCUT2D eigenvalue weighted by Crippen LogP contribution is 2.28. The van der Waals surface area contributed by atoms with E-state index >= 15 is 0 Å². The monoisotopic (exact) mass is 664 g/mol. The van der Waals surface area contributed by atoms with Crippen molar-refractivity contribution in [2.24, 2.45) is 0 Å². The topological polar surface area (TPSA) is 149 Å². The molecule has 0 amide bonds. The molecule has 0 aliphatic rings. The third-order valence-corrected chi connectivity index (χ3v) is 13.5. The fourth-order valence-electron chi connectivity index (χ4n) is 6.58. The van der Waals surface area contributed by atoms with Crippen LogP contribution >= 0.6 is 0 Å². The highest BCUT2D eigenvalue weighted by Gasteiger charge is 2.44. The molecule has 0 unspecified atom stereocenters. The maximum absolute atomic E-state index is 12.3. The third kappa shape index (κ3) is 5.79. The van der Waals surface area contributed by atoms with Crippen molar-refractivity contribution in [1.29, 1.82) is 0 Å². The molecule has 0 saturated heterocycles. The predicted octanol–water partition coefficient (Wildman–Crippen LogP) is 5.19. The minimum atomic E-state index is -3.44. The van der Waals surface area contributed by atoms with Crippen LogP contribution in [0, 0.1) is 0 Å². The SMILES string of the molecule is O=C(O)c1ccc(-c2ccccc2[Si](c2ccccc2)(c2ccccc2)c2ccccc2-c2ccc(C(=O)O)c(C(=O)O)c2)cc1C(=O)O. The van der Waals surface area contributed by atoms with Gasteiger partial charge in [-0.25, -0.2) is 19.2 Å². The molecule has 0 bridgehead atoms. The molecule has 0 aliphatic carbocycles. The lowest BCUT2D eigenvalue weighted by atomic mass is 9.99. The Hall–Kier alpha value is -6.58.